The first-order chi connectivity index (χ1) is 8.98. The molecule has 0 saturated heterocycles. The first kappa shape index (κ1) is 14.3. The van der Waals surface area contributed by atoms with E-state index in [0.717, 1.165) is 17.2 Å². The van der Waals surface area contributed by atoms with Crippen LogP contribution >= 0.6 is 0 Å². The number of benzene rings is 1. The zero-order chi connectivity index (χ0) is 13.9. The normalized spacial score (nSPS) is 23.5. The second kappa shape index (κ2) is 5.92. The Labute approximate surface area is 115 Å². The largest absolute Gasteiger partial charge is 0.382 e. The van der Waals surface area contributed by atoms with Gasteiger partial charge in [-0.3, -0.25) is 0 Å². The van der Waals surface area contributed by atoms with Crippen molar-refractivity contribution in [3.63, 3.8) is 0 Å². The summed E-state index contributed by atoms with van der Waals surface area (Å²) in [4.78, 5) is 0. The molecule has 0 amide bonds. The van der Waals surface area contributed by atoms with Crippen LogP contribution in [0, 0.1) is 5.92 Å². The van der Waals surface area contributed by atoms with E-state index in [9.17, 15) is 8.42 Å². The summed E-state index contributed by atoms with van der Waals surface area (Å²) in [6.07, 6.45) is 5.02. The summed E-state index contributed by atoms with van der Waals surface area (Å²) >= 11 is 0. The van der Waals surface area contributed by atoms with Gasteiger partial charge >= 0.3 is 0 Å². The molecule has 2 atom stereocenters. The molecule has 5 heteroatoms. The predicted octanol–water partition coefficient (Wildman–Crippen LogP) is 2.47. The molecule has 3 N–H and O–H groups in total. The van der Waals surface area contributed by atoms with Crippen molar-refractivity contribution in [3.05, 3.63) is 29.8 Å². The van der Waals surface area contributed by atoms with Gasteiger partial charge in [-0.1, -0.05) is 31.9 Å². The summed E-state index contributed by atoms with van der Waals surface area (Å²) in [5.74, 6) is 0.651. The molecule has 2 rings (SSSR count). The van der Waals surface area contributed by atoms with Crippen LogP contribution in [0.5, 0.6) is 0 Å². The highest BCUT2D eigenvalue weighted by atomic mass is 32.2. The van der Waals surface area contributed by atoms with Gasteiger partial charge in [0.15, 0.2) is 0 Å². The molecule has 1 aliphatic rings. The Morgan fingerprint density at radius 2 is 1.95 bits per heavy atom. The van der Waals surface area contributed by atoms with E-state index < -0.39 is 10.0 Å². The van der Waals surface area contributed by atoms with Crippen LogP contribution in [0.15, 0.2) is 24.3 Å². The van der Waals surface area contributed by atoms with Gasteiger partial charge < -0.3 is 5.32 Å². The fraction of sp³-hybridized carbons (Fsp3) is 0.571. The molecule has 19 heavy (non-hydrogen) atoms. The fourth-order valence-corrected chi connectivity index (χ4v) is 3.52. The van der Waals surface area contributed by atoms with Crippen molar-refractivity contribution in [2.45, 2.75) is 44.4 Å². The maximum atomic E-state index is 11.0. The highest BCUT2D eigenvalue weighted by molar-refractivity contribution is 7.88. The van der Waals surface area contributed by atoms with Gasteiger partial charge in [0.25, 0.3) is 0 Å². The molecule has 2 unspecified atom stereocenters. The summed E-state index contributed by atoms with van der Waals surface area (Å²) < 4.78 is 22.0. The lowest BCUT2D eigenvalue weighted by Crippen LogP contribution is -2.23. The number of nitrogens with one attached hydrogen (secondary N) is 1. The van der Waals surface area contributed by atoms with Crippen LogP contribution in [0.4, 0.5) is 5.69 Å². The van der Waals surface area contributed by atoms with E-state index in [1.807, 2.05) is 24.3 Å². The Morgan fingerprint density at radius 1 is 1.26 bits per heavy atom. The predicted molar refractivity (Wildman–Crippen MR) is 78.3 cm³/mol. The van der Waals surface area contributed by atoms with Crippen LogP contribution in [0.2, 0.25) is 0 Å². The van der Waals surface area contributed by atoms with E-state index in [1.54, 1.807) is 0 Å². The van der Waals surface area contributed by atoms with E-state index in [-0.39, 0.29) is 5.75 Å². The van der Waals surface area contributed by atoms with Crippen molar-refractivity contribution in [2.75, 3.05) is 5.32 Å². The Hall–Kier alpha value is -1.07. The van der Waals surface area contributed by atoms with E-state index >= 15 is 0 Å². The monoisotopic (exact) mass is 282 g/mol. The van der Waals surface area contributed by atoms with Crippen molar-refractivity contribution < 1.29 is 8.42 Å². The number of rotatable bonds is 5. The fourth-order valence-electron chi connectivity index (χ4n) is 2.86. The Kier molecular flexibility index (Phi) is 4.47. The van der Waals surface area contributed by atoms with Crippen LogP contribution in [0.25, 0.3) is 0 Å². The lowest BCUT2D eigenvalue weighted by atomic mass is 10.0. The van der Waals surface area contributed by atoms with Gasteiger partial charge in [-0.25, -0.2) is 13.6 Å². The number of hydrogen-bond acceptors (Lipinski definition) is 3. The summed E-state index contributed by atoms with van der Waals surface area (Å²) in [5, 5.41) is 8.58. The van der Waals surface area contributed by atoms with E-state index in [0.29, 0.717) is 6.04 Å². The van der Waals surface area contributed by atoms with Gasteiger partial charge in [0.05, 0.1) is 5.75 Å². The number of anilines is 1. The molecule has 0 aliphatic heterocycles. The average molecular weight is 282 g/mol. The number of primary sulfonamides is 1. The third-order valence-corrected chi connectivity index (χ3v) is 4.59. The zero-order valence-electron chi connectivity index (χ0n) is 11.3. The Balaban J connectivity index is 1.99. The Bertz CT molecular complexity index is 511. The van der Waals surface area contributed by atoms with Gasteiger partial charge in [0.1, 0.15) is 0 Å². The van der Waals surface area contributed by atoms with Gasteiger partial charge in [0, 0.05) is 11.7 Å². The number of hydrogen-bond donors (Lipinski definition) is 2. The highest BCUT2D eigenvalue weighted by Gasteiger charge is 2.25. The maximum absolute atomic E-state index is 11.0. The van der Waals surface area contributed by atoms with Crippen molar-refractivity contribution in [1.82, 2.24) is 0 Å². The van der Waals surface area contributed by atoms with Crippen molar-refractivity contribution in [2.24, 2.45) is 11.1 Å². The van der Waals surface area contributed by atoms with Crippen LogP contribution in [0.3, 0.4) is 0 Å². The van der Waals surface area contributed by atoms with Gasteiger partial charge in [0.2, 0.25) is 10.0 Å². The molecule has 0 heterocycles. The lowest BCUT2D eigenvalue weighted by Gasteiger charge is -2.21. The highest BCUT2D eigenvalue weighted by Crippen LogP contribution is 2.30. The molecule has 0 bridgehead atoms. The first-order valence-electron chi connectivity index (χ1n) is 6.84. The second-order valence-electron chi connectivity index (χ2n) is 5.35. The third kappa shape index (κ3) is 4.21. The number of nitrogens with two attached hydrogens (primary N) is 1. The molecular formula is C14H22N2O2S. The van der Waals surface area contributed by atoms with Crippen LogP contribution in [0.1, 0.15) is 38.2 Å². The summed E-state index contributed by atoms with van der Waals surface area (Å²) in [7, 11) is -3.45. The molecule has 1 saturated carbocycles. The van der Waals surface area contributed by atoms with Crippen LogP contribution < -0.4 is 10.5 Å². The zero-order valence-corrected chi connectivity index (χ0v) is 12.1. The van der Waals surface area contributed by atoms with Gasteiger partial charge in [-0.15, -0.1) is 0 Å². The summed E-state index contributed by atoms with van der Waals surface area (Å²) in [5.41, 5.74) is 1.79. The molecule has 1 aromatic carbocycles. The average Bonchev–Trinajstić information content (AvgIpc) is 2.77. The van der Waals surface area contributed by atoms with Gasteiger partial charge in [-0.2, -0.15) is 0 Å². The molecule has 4 nitrogen and oxygen atoms in total. The molecule has 106 valence electrons. The van der Waals surface area contributed by atoms with Gasteiger partial charge in [-0.05, 0) is 36.5 Å². The van der Waals surface area contributed by atoms with Crippen molar-refractivity contribution in [3.8, 4) is 0 Å². The molecular weight excluding hydrogens is 260 g/mol. The second-order valence-corrected chi connectivity index (χ2v) is 6.97. The Morgan fingerprint density at radius 3 is 2.53 bits per heavy atom. The standard InChI is InChI=1S/C14H22N2O2S/c1-2-12-4-3-5-14(12)16-13-8-6-11(7-9-13)10-19(15,17)18/h6-9,12,14,16H,2-5,10H2,1H3,(H2,15,17,18). The molecule has 0 spiro atoms. The minimum Gasteiger partial charge on any atom is -0.382 e. The van der Waals surface area contributed by atoms with E-state index in [2.05, 4.69) is 12.2 Å². The molecule has 1 fully saturated rings. The SMILES string of the molecule is CCC1CCCC1Nc1ccc(CS(N)(=O)=O)cc1. The van der Waals surface area contributed by atoms with Crippen LogP contribution in [-0.2, 0) is 15.8 Å². The lowest BCUT2D eigenvalue weighted by molar-refractivity contribution is 0.489. The van der Waals surface area contributed by atoms with Crippen molar-refractivity contribution >= 4 is 15.7 Å². The maximum Gasteiger partial charge on any atom is 0.213 e. The molecule has 1 aliphatic carbocycles. The summed E-state index contributed by atoms with van der Waals surface area (Å²) in [6, 6.07) is 8.07. The molecule has 0 radical (unpaired) electrons. The minimum absolute atomic E-state index is 0.103. The smallest absolute Gasteiger partial charge is 0.213 e. The quantitative estimate of drug-likeness (QED) is 0.871. The third-order valence-electron chi connectivity index (χ3n) is 3.86. The van der Waals surface area contributed by atoms with Crippen LogP contribution in [-0.4, -0.2) is 14.5 Å². The minimum atomic E-state index is -3.45. The van der Waals surface area contributed by atoms with E-state index in [4.69, 9.17) is 5.14 Å². The topological polar surface area (TPSA) is 72.2 Å². The van der Waals surface area contributed by atoms with Crippen molar-refractivity contribution in [1.29, 1.82) is 0 Å². The van der Waals surface area contributed by atoms with E-state index in [1.165, 1.54) is 25.7 Å². The molecule has 1 aromatic rings. The first-order valence-corrected chi connectivity index (χ1v) is 8.55. The number of sulfonamides is 1. The molecule has 0 aromatic heterocycles. The summed E-state index contributed by atoms with van der Waals surface area (Å²) in [6.45, 7) is 2.24.